The summed E-state index contributed by atoms with van der Waals surface area (Å²) in [6, 6.07) is 6.32. The molecule has 1 fully saturated rings. The number of hydrogen-bond donors (Lipinski definition) is 0. The van der Waals surface area contributed by atoms with Crippen molar-refractivity contribution in [3.8, 4) is 5.75 Å². The van der Waals surface area contributed by atoms with Gasteiger partial charge in [-0.25, -0.2) is 0 Å². The van der Waals surface area contributed by atoms with Crippen molar-refractivity contribution >= 4 is 5.69 Å². The van der Waals surface area contributed by atoms with Crippen LogP contribution in [-0.4, -0.2) is 34.6 Å². The van der Waals surface area contributed by atoms with E-state index in [1.807, 2.05) is 0 Å². The molecule has 20 heavy (non-hydrogen) atoms. The fraction of sp³-hybridized carbons (Fsp3) is 0.600. The number of nitrogens with zero attached hydrogens (tertiary/aromatic N) is 2. The van der Waals surface area contributed by atoms with Crippen LogP contribution in [0.15, 0.2) is 24.3 Å². The van der Waals surface area contributed by atoms with Gasteiger partial charge >= 0.3 is 0 Å². The molecule has 0 N–H and O–H groups in total. The predicted molar refractivity (Wildman–Crippen MR) is 78.1 cm³/mol. The van der Waals surface area contributed by atoms with E-state index in [1.165, 1.54) is 12.1 Å². The number of rotatable bonds is 3. The molecule has 0 aliphatic carbocycles. The maximum absolute atomic E-state index is 10.6. The molecule has 1 aliphatic rings. The highest BCUT2D eigenvalue weighted by Crippen LogP contribution is 2.24. The van der Waals surface area contributed by atoms with Gasteiger partial charge < -0.3 is 4.74 Å². The van der Waals surface area contributed by atoms with Gasteiger partial charge in [0.25, 0.3) is 5.69 Å². The largest absolute Gasteiger partial charge is 0.490 e. The molecule has 0 bridgehead atoms. The maximum atomic E-state index is 10.6. The Balaban J connectivity index is 1.88. The van der Waals surface area contributed by atoms with Crippen LogP contribution in [0.1, 0.15) is 33.6 Å². The molecule has 0 radical (unpaired) electrons. The number of ether oxygens (including phenoxy) is 1. The highest BCUT2D eigenvalue weighted by molar-refractivity contribution is 5.36. The molecule has 0 spiro atoms. The summed E-state index contributed by atoms with van der Waals surface area (Å²) >= 11 is 0. The Labute approximate surface area is 119 Å². The highest BCUT2D eigenvalue weighted by atomic mass is 16.6. The average molecular weight is 278 g/mol. The van der Waals surface area contributed by atoms with Crippen LogP contribution in [-0.2, 0) is 0 Å². The van der Waals surface area contributed by atoms with Crippen LogP contribution in [0.2, 0.25) is 0 Å². The van der Waals surface area contributed by atoms with Crippen molar-refractivity contribution in [1.29, 1.82) is 0 Å². The third-order valence-corrected chi connectivity index (χ3v) is 3.74. The molecule has 2 rings (SSSR count). The summed E-state index contributed by atoms with van der Waals surface area (Å²) in [7, 11) is 0. The van der Waals surface area contributed by atoms with Gasteiger partial charge in [-0.2, -0.15) is 0 Å². The van der Waals surface area contributed by atoms with E-state index in [-0.39, 0.29) is 17.3 Å². The maximum Gasteiger partial charge on any atom is 0.269 e. The van der Waals surface area contributed by atoms with Gasteiger partial charge in [-0.05, 0) is 45.7 Å². The van der Waals surface area contributed by atoms with E-state index >= 15 is 0 Å². The molecule has 5 nitrogen and oxygen atoms in total. The Morgan fingerprint density at radius 3 is 2.20 bits per heavy atom. The van der Waals surface area contributed by atoms with Crippen molar-refractivity contribution < 1.29 is 9.66 Å². The van der Waals surface area contributed by atoms with Gasteiger partial charge in [0, 0.05) is 30.8 Å². The van der Waals surface area contributed by atoms with Gasteiger partial charge in [-0.1, -0.05) is 0 Å². The second-order valence-electron chi connectivity index (χ2n) is 6.23. The molecule has 1 aromatic rings. The third kappa shape index (κ3) is 3.70. The monoisotopic (exact) mass is 278 g/mol. The normalized spacial score (nSPS) is 17.9. The molecular formula is C15H22N2O3. The summed E-state index contributed by atoms with van der Waals surface area (Å²) in [5.74, 6) is 0.713. The zero-order chi connectivity index (χ0) is 14.8. The van der Waals surface area contributed by atoms with E-state index in [4.69, 9.17) is 4.74 Å². The topological polar surface area (TPSA) is 55.6 Å². The Bertz CT molecular complexity index is 457. The molecule has 0 aromatic heterocycles. The van der Waals surface area contributed by atoms with Crippen LogP contribution in [0.3, 0.4) is 0 Å². The molecule has 0 atom stereocenters. The van der Waals surface area contributed by atoms with E-state index in [0.717, 1.165) is 25.9 Å². The summed E-state index contributed by atoms with van der Waals surface area (Å²) < 4.78 is 5.90. The van der Waals surface area contributed by atoms with Crippen molar-refractivity contribution in [3.63, 3.8) is 0 Å². The summed E-state index contributed by atoms with van der Waals surface area (Å²) in [6.45, 7) is 8.74. The minimum absolute atomic E-state index is 0.0971. The molecular weight excluding hydrogens is 256 g/mol. The summed E-state index contributed by atoms with van der Waals surface area (Å²) in [4.78, 5) is 12.7. The van der Waals surface area contributed by atoms with E-state index in [0.29, 0.717) is 5.75 Å². The van der Waals surface area contributed by atoms with E-state index < -0.39 is 4.92 Å². The third-order valence-electron chi connectivity index (χ3n) is 3.74. The SMILES string of the molecule is CC(C)(C)N1CCC(Oc2ccc([N+](=O)[O-])cc2)CC1. The Hall–Kier alpha value is -1.62. The van der Waals surface area contributed by atoms with Crippen LogP contribution in [0.5, 0.6) is 5.75 Å². The van der Waals surface area contributed by atoms with Gasteiger partial charge in [0.2, 0.25) is 0 Å². The standard InChI is InChI=1S/C15H22N2O3/c1-15(2,3)16-10-8-14(9-11-16)20-13-6-4-12(5-7-13)17(18)19/h4-7,14H,8-11H2,1-3H3. The first-order valence-corrected chi connectivity index (χ1v) is 7.02. The molecule has 1 aromatic carbocycles. The van der Waals surface area contributed by atoms with Gasteiger partial charge in [0.1, 0.15) is 11.9 Å². The number of non-ortho nitro benzene ring substituents is 1. The van der Waals surface area contributed by atoms with Crippen LogP contribution < -0.4 is 4.74 Å². The van der Waals surface area contributed by atoms with Crippen LogP contribution in [0.4, 0.5) is 5.69 Å². The summed E-state index contributed by atoms with van der Waals surface area (Å²) in [6.07, 6.45) is 2.19. The molecule has 1 heterocycles. The van der Waals surface area contributed by atoms with Crippen LogP contribution in [0.25, 0.3) is 0 Å². The Morgan fingerprint density at radius 2 is 1.75 bits per heavy atom. The van der Waals surface area contributed by atoms with E-state index in [1.54, 1.807) is 12.1 Å². The van der Waals surface area contributed by atoms with Crippen molar-refractivity contribution in [3.05, 3.63) is 34.4 Å². The minimum Gasteiger partial charge on any atom is -0.490 e. The van der Waals surface area contributed by atoms with Crippen LogP contribution >= 0.6 is 0 Å². The first-order chi connectivity index (χ1) is 9.36. The zero-order valence-electron chi connectivity index (χ0n) is 12.3. The van der Waals surface area contributed by atoms with Gasteiger partial charge in [-0.3, -0.25) is 15.0 Å². The second-order valence-corrected chi connectivity index (χ2v) is 6.23. The first-order valence-electron chi connectivity index (χ1n) is 7.02. The molecule has 5 heteroatoms. The number of nitro groups is 1. The van der Waals surface area contributed by atoms with Crippen molar-refractivity contribution in [2.45, 2.75) is 45.3 Å². The first kappa shape index (κ1) is 14.8. The van der Waals surface area contributed by atoms with Gasteiger partial charge in [0.05, 0.1) is 4.92 Å². The van der Waals surface area contributed by atoms with E-state index in [9.17, 15) is 10.1 Å². The van der Waals surface area contributed by atoms with Crippen molar-refractivity contribution in [2.75, 3.05) is 13.1 Å². The number of nitro benzene ring substituents is 1. The lowest BCUT2D eigenvalue weighted by molar-refractivity contribution is -0.384. The lowest BCUT2D eigenvalue weighted by Gasteiger charge is -2.40. The summed E-state index contributed by atoms with van der Waals surface area (Å²) in [5, 5.41) is 10.6. The zero-order valence-corrected chi connectivity index (χ0v) is 12.3. The lowest BCUT2D eigenvalue weighted by atomic mass is 9.99. The number of benzene rings is 1. The van der Waals surface area contributed by atoms with Gasteiger partial charge in [-0.15, -0.1) is 0 Å². The fourth-order valence-electron chi connectivity index (χ4n) is 2.48. The Kier molecular flexibility index (Phi) is 4.28. The summed E-state index contributed by atoms with van der Waals surface area (Å²) in [5.41, 5.74) is 0.304. The fourth-order valence-corrected chi connectivity index (χ4v) is 2.48. The molecule has 0 saturated carbocycles. The average Bonchev–Trinajstić information content (AvgIpc) is 2.39. The second kappa shape index (κ2) is 5.79. The van der Waals surface area contributed by atoms with E-state index in [2.05, 4.69) is 25.7 Å². The van der Waals surface area contributed by atoms with Crippen molar-refractivity contribution in [2.24, 2.45) is 0 Å². The number of likely N-dealkylation sites (tertiary alicyclic amines) is 1. The molecule has 1 saturated heterocycles. The lowest BCUT2D eigenvalue weighted by Crippen LogP contribution is -2.48. The molecule has 110 valence electrons. The number of piperidine rings is 1. The smallest absolute Gasteiger partial charge is 0.269 e. The number of hydrogen-bond acceptors (Lipinski definition) is 4. The predicted octanol–water partition coefficient (Wildman–Crippen LogP) is 3.24. The van der Waals surface area contributed by atoms with Crippen LogP contribution in [0, 0.1) is 10.1 Å². The molecule has 0 amide bonds. The quantitative estimate of drug-likeness (QED) is 0.629. The molecule has 1 aliphatic heterocycles. The van der Waals surface area contributed by atoms with Crippen molar-refractivity contribution in [1.82, 2.24) is 4.90 Å². The molecule has 0 unspecified atom stereocenters. The Morgan fingerprint density at radius 1 is 1.20 bits per heavy atom. The minimum atomic E-state index is -0.397. The highest BCUT2D eigenvalue weighted by Gasteiger charge is 2.27. The van der Waals surface area contributed by atoms with Gasteiger partial charge in [0.15, 0.2) is 0 Å².